The lowest BCUT2D eigenvalue weighted by Gasteiger charge is -2.12. The number of sulfonamides is 1. The minimum atomic E-state index is -3.65. The van der Waals surface area contributed by atoms with Gasteiger partial charge in [-0.25, -0.2) is 8.42 Å². The fourth-order valence-electron chi connectivity index (χ4n) is 2.34. The van der Waals surface area contributed by atoms with E-state index in [9.17, 15) is 13.2 Å². The fraction of sp³-hybridized carbons (Fsp3) is 0.278. The highest BCUT2D eigenvalue weighted by Gasteiger charge is 2.24. The van der Waals surface area contributed by atoms with Crippen molar-refractivity contribution >= 4 is 21.6 Å². The number of benzene rings is 2. The van der Waals surface area contributed by atoms with Gasteiger partial charge < -0.3 is 5.32 Å². The smallest absolute Gasteiger partial charge is 0.261 e. The lowest BCUT2D eigenvalue weighted by atomic mass is 10.1. The van der Waals surface area contributed by atoms with Crippen LogP contribution in [0.4, 0.5) is 5.69 Å². The third kappa shape index (κ3) is 3.76. The third-order valence-electron chi connectivity index (χ3n) is 3.98. The number of anilines is 1. The van der Waals surface area contributed by atoms with Crippen LogP contribution in [0.15, 0.2) is 47.4 Å². The molecular formula is C18H20N2O3S. The van der Waals surface area contributed by atoms with Gasteiger partial charge in [0.25, 0.3) is 15.9 Å². The molecule has 2 N–H and O–H groups in total. The molecular weight excluding hydrogens is 324 g/mol. The van der Waals surface area contributed by atoms with Gasteiger partial charge in [0.2, 0.25) is 0 Å². The van der Waals surface area contributed by atoms with Crippen molar-refractivity contribution in [3.05, 3.63) is 59.2 Å². The summed E-state index contributed by atoms with van der Waals surface area (Å²) in [5.74, 6) is -0.117. The van der Waals surface area contributed by atoms with Crippen LogP contribution in [0.5, 0.6) is 0 Å². The summed E-state index contributed by atoms with van der Waals surface area (Å²) in [6.45, 7) is 3.68. The Morgan fingerprint density at radius 1 is 1.04 bits per heavy atom. The Kier molecular flexibility index (Phi) is 4.32. The minimum absolute atomic E-state index is 0.117. The second-order valence-electron chi connectivity index (χ2n) is 6.20. The highest BCUT2D eigenvalue weighted by Crippen LogP contribution is 2.23. The molecule has 1 saturated carbocycles. The van der Waals surface area contributed by atoms with Crippen LogP contribution in [-0.2, 0) is 10.0 Å². The van der Waals surface area contributed by atoms with Gasteiger partial charge in [-0.15, -0.1) is 0 Å². The van der Waals surface area contributed by atoms with Crippen molar-refractivity contribution in [2.75, 3.05) is 4.72 Å². The molecule has 0 aliphatic heterocycles. The van der Waals surface area contributed by atoms with Crippen LogP contribution < -0.4 is 10.0 Å². The van der Waals surface area contributed by atoms with Gasteiger partial charge in [0, 0.05) is 11.6 Å². The highest BCUT2D eigenvalue weighted by atomic mass is 32.2. The first-order chi connectivity index (χ1) is 11.3. The molecule has 0 heterocycles. The first-order valence-corrected chi connectivity index (χ1v) is 9.34. The van der Waals surface area contributed by atoms with E-state index >= 15 is 0 Å². The molecule has 0 aromatic heterocycles. The molecule has 1 aliphatic rings. The van der Waals surface area contributed by atoms with Crippen LogP contribution in [-0.4, -0.2) is 20.4 Å². The quantitative estimate of drug-likeness (QED) is 0.875. The molecule has 0 atom stereocenters. The molecule has 2 aromatic rings. The highest BCUT2D eigenvalue weighted by molar-refractivity contribution is 7.92. The molecule has 24 heavy (non-hydrogen) atoms. The summed E-state index contributed by atoms with van der Waals surface area (Å²) in [5.41, 5.74) is 2.71. The Hall–Kier alpha value is -2.34. The number of rotatable bonds is 5. The lowest BCUT2D eigenvalue weighted by Crippen LogP contribution is -2.25. The van der Waals surface area contributed by atoms with Crippen LogP contribution in [0.3, 0.4) is 0 Å². The second kappa shape index (κ2) is 6.28. The zero-order valence-corrected chi connectivity index (χ0v) is 14.5. The molecule has 2 aromatic carbocycles. The summed E-state index contributed by atoms with van der Waals surface area (Å²) >= 11 is 0. The number of hydrogen-bond acceptors (Lipinski definition) is 3. The van der Waals surface area contributed by atoms with Gasteiger partial charge >= 0.3 is 0 Å². The predicted molar refractivity (Wildman–Crippen MR) is 93.7 cm³/mol. The topological polar surface area (TPSA) is 75.3 Å². The van der Waals surface area contributed by atoms with Gasteiger partial charge in [-0.3, -0.25) is 9.52 Å². The SMILES string of the molecule is Cc1ccc(S(=O)(=O)Nc2ccc(C(=O)NC3CC3)cc2C)cc1. The third-order valence-corrected chi connectivity index (χ3v) is 5.36. The summed E-state index contributed by atoms with van der Waals surface area (Å²) in [4.78, 5) is 12.3. The van der Waals surface area contributed by atoms with E-state index in [2.05, 4.69) is 10.0 Å². The van der Waals surface area contributed by atoms with Gasteiger partial charge in [-0.2, -0.15) is 0 Å². The average molecular weight is 344 g/mol. The van der Waals surface area contributed by atoms with E-state index in [0.717, 1.165) is 18.4 Å². The van der Waals surface area contributed by atoms with E-state index in [4.69, 9.17) is 0 Å². The van der Waals surface area contributed by atoms with Crippen LogP contribution in [0.25, 0.3) is 0 Å². The Morgan fingerprint density at radius 3 is 2.29 bits per heavy atom. The number of amides is 1. The zero-order valence-electron chi connectivity index (χ0n) is 13.7. The average Bonchev–Trinajstić information content (AvgIpc) is 3.33. The Bertz CT molecular complexity index is 870. The van der Waals surface area contributed by atoms with Crippen molar-refractivity contribution in [1.29, 1.82) is 0 Å². The molecule has 0 radical (unpaired) electrons. The van der Waals surface area contributed by atoms with Crippen molar-refractivity contribution in [3.63, 3.8) is 0 Å². The normalized spacial score (nSPS) is 14.2. The number of carbonyl (C=O) groups is 1. The van der Waals surface area contributed by atoms with Crippen LogP contribution >= 0.6 is 0 Å². The summed E-state index contributed by atoms with van der Waals surface area (Å²) in [7, 11) is -3.65. The predicted octanol–water partition coefficient (Wildman–Crippen LogP) is 3.00. The molecule has 0 bridgehead atoms. The van der Waals surface area contributed by atoms with Crippen molar-refractivity contribution in [3.8, 4) is 0 Å². The summed E-state index contributed by atoms with van der Waals surface area (Å²) < 4.78 is 27.5. The number of carbonyl (C=O) groups excluding carboxylic acids is 1. The Morgan fingerprint density at radius 2 is 1.71 bits per heavy atom. The molecule has 5 nitrogen and oxygen atoms in total. The molecule has 0 spiro atoms. The molecule has 0 unspecified atom stereocenters. The second-order valence-corrected chi connectivity index (χ2v) is 7.88. The van der Waals surface area contributed by atoms with Crippen LogP contribution in [0.1, 0.15) is 34.3 Å². The lowest BCUT2D eigenvalue weighted by molar-refractivity contribution is 0.0951. The van der Waals surface area contributed by atoms with E-state index < -0.39 is 10.0 Å². The number of hydrogen-bond donors (Lipinski definition) is 2. The van der Waals surface area contributed by atoms with Crippen LogP contribution in [0.2, 0.25) is 0 Å². The van der Waals surface area contributed by atoms with Crippen molar-refractivity contribution < 1.29 is 13.2 Å². The standard InChI is InChI=1S/C18H20N2O3S/c1-12-3-8-16(9-4-12)24(22,23)20-17-10-5-14(11-13(17)2)18(21)19-15-6-7-15/h3-5,8-11,15,20H,6-7H2,1-2H3,(H,19,21). The molecule has 1 fully saturated rings. The molecule has 1 amide bonds. The summed E-state index contributed by atoms with van der Waals surface area (Å²) in [6, 6.07) is 11.9. The maximum Gasteiger partial charge on any atom is 0.261 e. The maximum absolute atomic E-state index is 12.4. The fourth-order valence-corrected chi connectivity index (χ4v) is 3.47. The maximum atomic E-state index is 12.4. The largest absolute Gasteiger partial charge is 0.349 e. The molecule has 0 saturated heterocycles. The zero-order chi connectivity index (χ0) is 17.3. The van der Waals surface area contributed by atoms with E-state index in [1.807, 2.05) is 6.92 Å². The minimum Gasteiger partial charge on any atom is -0.349 e. The molecule has 6 heteroatoms. The Labute approximate surface area is 142 Å². The van der Waals surface area contributed by atoms with E-state index in [0.29, 0.717) is 16.8 Å². The first-order valence-electron chi connectivity index (χ1n) is 7.86. The van der Waals surface area contributed by atoms with E-state index in [1.165, 1.54) is 0 Å². The van der Waals surface area contributed by atoms with E-state index in [-0.39, 0.29) is 16.8 Å². The van der Waals surface area contributed by atoms with Crippen molar-refractivity contribution in [2.24, 2.45) is 0 Å². The van der Waals surface area contributed by atoms with Gasteiger partial charge in [0.1, 0.15) is 0 Å². The van der Waals surface area contributed by atoms with Crippen LogP contribution in [0, 0.1) is 13.8 Å². The molecule has 3 rings (SSSR count). The van der Waals surface area contributed by atoms with Gasteiger partial charge in [-0.05, 0) is 62.6 Å². The van der Waals surface area contributed by atoms with Gasteiger partial charge in [-0.1, -0.05) is 17.7 Å². The monoisotopic (exact) mass is 344 g/mol. The van der Waals surface area contributed by atoms with Crippen molar-refractivity contribution in [1.82, 2.24) is 5.32 Å². The molecule has 1 aliphatic carbocycles. The van der Waals surface area contributed by atoms with Crippen molar-refractivity contribution in [2.45, 2.75) is 37.6 Å². The van der Waals surface area contributed by atoms with Gasteiger partial charge in [0.05, 0.1) is 10.6 Å². The van der Waals surface area contributed by atoms with E-state index in [1.54, 1.807) is 49.4 Å². The summed E-state index contributed by atoms with van der Waals surface area (Å²) in [6.07, 6.45) is 2.05. The first kappa shape index (κ1) is 16.5. The number of nitrogens with one attached hydrogen (secondary N) is 2. The molecule has 126 valence electrons. The Balaban J connectivity index is 1.79. The number of aryl methyl sites for hydroxylation is 2. The van der Waals surface area contributed by atoms with Gasteiger partial charge in [0.15, 0.2) is 0 Å². The summed E-state index contributed by atoms with van der Waals surface area (Å²) in [5, 5.41) is 2.92.